The molecule has 0 atom stereocenters. The average molecular weight is 318 g/mol. The maximum Gasteiger partial charge on any atom is 0.223 e. The molecule has 0 saturated carbocycles. The zero-order valence-electron chi connectivity index (χ0n) is 13.5. The van der Waals surface area contributed by atoms with Crippen LogP contribution in [0.3, 0.4) is 0 Å². The number of hydrogen-bond donors (Lipinski definition) is 2. The van der Waals surface area contributed by atoms with Crippen LogP contribution in [0.5, 0.6) is 0 Å². The summed E-state index contributed by atoms with van der Waals surface area (Å²) in [6, 6.07) is 10.1. The van der Waals surface area contributed by atoms with Gasteiger partial charge < -0.3 is 16.0 Å². The molecule has 0 bridgehead atoms. The van der Waals surface area contributed by atoms with Crippen LogP contribution < -0.4 is 11.1 Å². The van der Waals surface area contributed by atoms with Gasteiger partial charge in [0.05, 0.1) is 0 Å². The number of piperazine rings is 1. The van der Waals surface area contributed by atoms with Gasteiger partial charge in [0.25, 0.3) is 0 Å². The molecule has 0 unspecified atom stereocenters. The Kier molecular flexibility index (Phi) is 7.03. The molecular weight excluding hydrogens is 292 g/mol. The second-order valence-corrected chi connectivity index (χ2v) is 5.86. The van der Waals surface area contributed by atoms with E-state index in [9.17, 15) is 9.59 Å². The Hall–Kier alpha value is -1.92. The van der Waals surface area contributed by atoms with Crippen molar-refractivity contribution < 1.29 is 9.59 Å². The maximum absolute atomic E-state index is 12.3. The lowest BCUT2D eigenvalue weighted by molar-refractivity contribution is -0.132. The summed E-state index contributed by atoms with van der Waals surface area (Å²) in [4.78, 5) is 27.4. The predicted molar refractivity (Wildman–Crippen MR) is 89.6 cm³/mol. The molecule has 1 fully saturated rings. The largest absolute Gasteiger partial charge is 0.370 e. The van der Waals surface area contributed by atoms with E-state index in [0.29, 0.717) is 25.9 Å². The smallest absolute Gasteiger partial charge is 0.223 e. The molecule has 0 aliphatic carbocycles. The molecule has 0 radical (unpaired) electrons. The second kappa shape index (κ2) is 9.27. The van der Waals surface area contributed by atoms with Crippen LogP contribution >= 0.6 is 0 Å². The second-order valence-electron chi connectivity index (χ2n) is 5.86. The highest BCUT2D eigenvalue weighted by Gasteiger charge is 2.17. The minimum absolute atomic E-state index is 0.184. The number of amides is 2. The van der Waals surface area contributed by atoms with Crippen molar-refractivity contribution in [1.29, 1.82) is 0 Å². The highest BCUT2D eigenvalue weighted by Crippen LogP contribution is 2.07. The summed E-state index contributed by atoms with van der Waals surface area (Å²) in [6.07, 6.45) is 0.792. The van der Waals surface area contributed by atoms with Gasteiger partial charge >= 0.3 is 0 Å². The first-order valence-corrected chi connectivity index (χ1v) is 8.18. The van der Waals surface area contributed by atoms with E-state index in [1.165, 1.54) is 5.56 Å². The molecule has 1 aliphatic heterocycles. The Morgan fingerprint density at radius 3 is 2.39 bits per heavy atom. The third-order valence-electron chi connectivity index (χ3n) is 4.04. The minimum Gasteiger partial charge on any atom is -0.370 e. The number of carbonyl (C=O) groups excluding carboxylic acids is 2. The van der Waals surface area contributed by atoms with Crippen LogP contribution in [0.15, 0.2) is 30.3 Å². The number of hydrogen-bond acceptors (Lipinski definition) is 4. The molecule has 3 N–H and O–H groups in total. The van der Waals surface area contributed by atoms with E-state index in [1.807, 2.05) is 23.1 Å². The minimum atomic E-state index is -0.309. The normalized spacial score (nSPS) is 14.9. The molecule has 1 heterocycles. The third kappa shape index (κ3) is 6.38. The van der Waals surface area contributed by atoms with E-state index >= 15 is 0 Å². The Morgan fingerprint density at radius 2 is 1.74 bits per heavy atom. The summed E-state index contributed by atoms with van der Waals surface area (Å²) in [6.45, 7) is 5.23. The Morgan fingerprint density at radius 1 is 1.09 bits per heavy atom. The van der Waals surface area contributed by atoms with Crippen LogP contribution in [-0.2, 0) is 16.1 Å². The van der Waals surface area contributed by atoms with Gasteiger partial charge in [-0.1, -0.05) is 30.3 Å². The number of nitrogens with one attached hydrogen (secondary N) is 1. The van der Waals surface area contributed by atoms with Gasteiger partial charge in [0.1, 0.15) is 0 Å². The molecule has 1 aliphatic rings. The predicted octanol–water partition coefficient (Wildman–Crippen LogP) is 0.186. The van der Waals surface area contributed by atoms with Crippen molar-refractivity contribution in [2.75, 3.05) is 39.3 Å². The molecule has 23 heavy (non-hydrogen) atoms. The molecule has 0 aromatic heterocycles. The van der Waals surface area contributed by atoms with E-state index in [-0.39, 0.29) is 11.8 Å². The van der Waals surface area contributed by atoms with Gasteiger partial charge in [0, 0.05) is 58.7 Å². The van der Waals surface area contributed by atoms with Crippen LogP contribution in [0.4, 0.5) is 0 Å². The summed E-state index contributed by atoms with van der Waals surface area (Å²) in [7, 11) is 0. The van der Waals surface area contributed by atoms with E-state index in [1.54, 1.807) is 0 Å². The summed E-state index contributed by atoms with van der Waals surface area (Å²) in [5.74, 6) is -0.125. The lowest BCUT2D eigenvalue weighted by atomic mass is 10.2. The first-order valence-electron chi connectivity index (χ1n) is 8.18. The Labute approximate surface area is 137 Å². The topological polar surface area (TPSA) is 78.7 Å². The van der Waals surface area contributed by atoms with Crippen molar-refractivity contribution in [2.24, 2.45) is 5.73 Å². The molecule has 1 saturated heterocycles. The zero-order valence-corrected chi connectivity index (χ0v) is 13.5. The summed E-state index contributed by atoms with van der Waals surface area (Å²) in [5.41, 5.74) is 6.43. The van der Waals surface area contributed by atoms with Gasteiger partial charge in [-0.3, -0.25) is 14.5 Å². The molecule has 1 aromatic rings. The summed E-state index contributed by atoms with van der Waals surface area (Å²) >= 11 is 0. The molecular formula is C17H26N4O2. The van der Waals surface area contributed by atoms with Crippen LogP contribution in [0.25, 0.3) is 0 Å². The third-order valence-corrected chi connectivity index (χ3v) is 4.04. The van der Waals surface area contributed by atoms with Crippen molar-refractivity contribution in [3.05, 3.63) is 35.9 Å². The number of nitrogens with zero attached hydrogens (tertiary/aromatic N) is 2. The van der Waals surface area contributed by atoms with Gasteiger partial charge in [-0.25, -0.2) is 0 Å². The van der Waals surface area contributed by atoms with Crippen molar-refractivity contribution in [2.45, 2.75) is 19.4 Å². The monoisotopic (exact) mass is 318 g/mol. The number of carbonyl (C=O) groups is 2. The van der Waals surface area contributed by atoms with Crippen LogP contribution in [-0.4, -0.2) is 60.9 Å². The fourth-order valence-corrected chi connectivity index (χ4v) is 2.71. The van der Waals surface area contributed by atoms with Crippen molar-refractivity contribution in [1.82, 2.24) is 15.1 Å². The maximum atomic E-state index is 12.3. The highest BCUT2D eigenvalue weighted by atomic mass is 16.2. The number of nitrogens with two attached hydrogens (primary N) is 1. The molecule has 6 heteroatoms. The first-order chi connectivity index (χ1) is 11.1. The fraction of sp³-hybridized carbons (Fsp3) is 0.529. The lowest BCUT2D eigenvalue weighted by Crippen LogP contribution is -2.47. The Balaban J connectivity index is 1.85. The number of rotatable bonds is 8. The molecule has 1 aromatic carbocycles. The number of benzene rings is 1. The molecule has 2 rings (SSSR count). The fourth-order valence-electron chi connectivity index (χ4n) is 2.71. The van der Waals surface area contributed by atoms with Gasteiger partial charge in [-0.2, -0.15) is 0 Å². The van der Waals surface area contributed by atoms with E-state index in [4.69, 9.17) is 5.73 Å². The zero-order chi connectivity index (χ0) is 16.5. The highest BCUT2D eigenvalue weighted by molar-refractivity contribution is 5.76. The van der Waals surface area contributed by atoms with Crippen molar-refractivity contribution in [3.8, 4) is 0 Å². The lowest BCUT2D eigenvalue weighted by Gasteiger charge is -2.29. The molecule has 6 nitrogen and oxygen atoms in total. The SMILES string of the molecule is NC(=O)CCN(CCC(=O)N1CCNCC1)Cc1ccccc1. The number of primary amides is 1. The van der Waals surface area contributed by atoms with Crippen LogP contribution in [0, 0.1) is 0 Å². The summed E-state index contributed by atoms with van der Waals surface area (Å²) in [5, 5.41) is 3.24. The molecule has 2 amide bonds. The molecule has 0 spiro atoms. The van der Waals surface area contributed by atoms with Gasteiger partial charge in [-0.05, 0) is 5.56 Å². The van der Waals surface area contributed by atoms with E-state index in [2.05, 4.69) is 22.3 Å². The Bertz CT molecular complexity index is 501. The van der Waals surface area contributed by atoms with Gasteiger partial charge in [0.15, 0.2) is 0 Å². The van der Waals surface area contributed by atoms with Crippen LogP contribution in [0.1, 0.15) is 18.4 Å². The van der Waals surface area contributed by atoms with Crippen LogP contribution in [0.2, 0.25) is 0 Å². The quantitative estimate of drug-likeness (QED) is 0.717. The van der Waals surface area contributed by atoms with E-state index in [0.717, 1.165) is 32.7 Å². The van der Waals surface area contributed by atoms with Gasteiger partial charge in [0.2, 0.25) is 11.8 Å². The average Bonchev–Trinajstić information content (AvgIpc) is 2.58. The standard InChI is InChI=1S/C17H26N4O2/c18-16(22)6-10-20(14-15-4-2-1-3-5-15)11-7-17(23)21-12-8-19-9-13-21/h1-5,19H,6-14H2,(H2,18,22). The van der Waals surface area contributed by atoms with Crippen molar-refractivity contribution >= 4 is 11.8 Å². The van der Waals surface area contributed by atoms with Crippen molar-refractivity contribution in [3.63, 3.8) is 0 Å². The van der Waals surface area contributed by atoms with E-state index < -0.39 is 0 Å². The van der Waals surface area contributed by atoms with Gasteiger partial charge in [-0.15, -0.1) is 0 Å². The molecule has 126 valence electrons. The first kappa shape index (κ1) is 17.4. The summed E-state index contributed by atoms with van der Waals surface area (Å²) < 4.78 is 0.